The number of halogens is 3. The molecule has 0 bridgehead atoms. The van der Waals surface area contributed by atoms with Gasteiger partial charge in [0.15, 0.2) is 11.6 Å². The van der Waals surface area contributed by atoms with E-state index in [1.54, 1.807) is 24.3 Å². The van der Waals surface area contributed by atoms with Gasteiger partial charge in [0.25, 0.3) is 0 Å². The highest BCUT2D eigenvalue weighted by atomic mass is 19.2. The number of nitrogens with two attached hydrogens (primary N) is 1. The van der Waals surface area contributed by atoms with Crippen LogP contribution in [0.15, 0.2) is 42.5 Å². The quantitative estimate of drug-likeness (QED) is 0.834. The maximum absolute atomic E-state index is 13.7. The van der Waals surface area contributed by atoms with E-state index in [4.69, 9.17) is 5.73 Å². The third kappa shape index (κ3) is 3.06. The van der Waals surface area contributed by atoms with Crippen molar-refractivity contribution < 1.29 is 13.2 Å². The Morgan fingerprint density at radius 1 is 0.947 bits per heavy atom. The van der Waals surface area contributed by atoms with Crippen LogP contribution in [-0.4, -0.2) is 6.54 Å². The summed E-state index contributed by atoms with van der Waals surface area (Å²) in [6, 6.07) is 9.73. The first-order valence-electron chi connectivity index (χ1n) is 5.78. The normalized spacial score (nSPS) is 12.2. The monoisotopic (exact) mass is 266 g/mol. The topological polar surface area (TPSA) is 38.0 Å². The van der Waals surface area contributed by atoms with Crippen molar-refractivity contribution in [2.75, 3.05) is 11.9 Å². The van der Waals surface area contributed by atoms with E-state index in [-0.39, 0.29) is 12.1 Å². The second-order valence-electron chi connectivity index (χ2n) is 4.09. The van der Waals surface area contributed by atoms with Crippen LogP contribution in [0.3, 0.4) is 0 Å². The van der Waals surface area contributed by atoms with Crippen molar-refractivity contribution in [2.45, 2.75) is 6.04 Å². The number of benzene rings is 2. The second-order valence-corrected chi connectivity index (χ2v) is 4.09. The average Bonchev–Trinajstić information content (AvgIpc) is 2.42. The molecule has 0 spiro atoms. The van der Waals surface area contributed by atoms with Gasteiger partial charge in [-0.2, -0.15) is 0 Å². The van der Waals surface area contributed by atoms with E-state index >= 15 is 0 Å². The number of hydrogen-bond acceptors (Lipinski definition) is 2. The molecule has 1 atom stereocenters. The van der Waals surface area contributed by atoms with E-state index in [1.807, 2.05) is 6.07 Å². The fraction of sp³-hybridized carbons (Fsp3) is 0.143. The maximum atomic E-state index is 13.7. The largest absolute Gasteiger partial charge is 0.377 e. The Labute approximate surface area is 109 Å². The van der Waals surface area contributed by atoms with Gasteiger partial charge in [0.1, 0.15) is 5.82 Å². The van der Waals surface area contributed by atoms with Gasteiger partial charge >= 0.3 is 0 Å². The van der Waals surface area contributed by atoms with Gasteiger partial charge < -0.3 is 11.1 Å². The number of nitrogens with one attached hydrogen (secondary N) is 1. The minimum Gasteiger partial charge on any atom is -0.377 e. The summed E-state index contributed by atoms with van der Waals surface area (Å²) in [7, 11) is 0. The summed E-state index contributed by atoms with van der Waals surface area (Å²) in [5.74, 6) is -3.13. The zero-order chi connectivity index (χ0) is 13.8. The molecule has 2 aromatic carbocycles. The third-order valence-electron chi connectivity index (χ3n) is 2.77. The number of para-hydroxylation sites is 1. The Morgan fingerprint density at radius 3 is 2.21 bits per heavy atom. The van der Waals surface area contributed by atoms with Crippen LogP contribution in [0.4, 0.5) is 18.9 Å². The van der Waals surface area contributed by atoms with Crippen LogP contribution in [-0.2, 0) is 0 Å². The Balaban J connectivity index is 2.30. The standard InChI is InChI=1S/C14H13F3N2/c15-11-7-13(17)12(16)6-10(11)14(8-18)19-9-4-2-1-3-5-9/h1-7,14,19H,8,18H2. The van der Waals surface area contributed by atoms with Gasteiger partial charge in [-0.1, -0.05) is 18.2 Å². The maximum Gasteiger partial charge on any atom is 0.161 e. The lowest BCUT2D eigenvalue weighted by Gasteiger charge is -2.19. The van der Waals surface area contributed by atoms with Crippen LogP contribution in [0.25, 0.3) is 0 Å². The zero-order valence-electron chi connectivity index (χ0n) is 10.0. The molecule has 0 aliphatic rings. The smallest absolute Gasteiger partial charge is 0.161 e. The summed E-state index contributed by atoms with van der Waals surface area (Å²) < 4.78 is 39.7. The first-order chi connectivity index (χ1) is 9.11. The minimum atomic E-state index is -1.21. The molecule has 100 valence electrons. The molecule has 0 aromatic heterocycles. The number of rotatable bonds is 4. The van der Waals surface area contributed by atoms with E-state index in [2.05, 4.69) is 5.32 Å². The molecule has 0 amide bonds. The van der Waals surface area contributed by atoms with Crippen molar-refractivity contribution in [1.29, 1.82) is 0 Å². The Hall–Kier alpha value is -2.01. The van der Waals surface area contributed by atoms with Crippen molar-refractivity contribution >= 4 is 5.69 Å². The van der Waals surface area contributed by atoms with Gasteiger partial charge in [-0.25, -0.2) is 13.2 Å². The first-order valence-corrected chi connectivity index (χ1v) is 5.78. The summed E-state index contributed by atoms with van der Waals surface area (Å²) in [5.41, 5.74) is 6.29. The fourth-order valence-corrected chi connectivity index (χ4v) is 1.80. The van der Waals surface area contributed by atoms with Crippen LogP contribution >= 0.6 is 0 Å². The molecule has 0 radical (unpaired) electrons. The summed E-state index contributed by atoms with van der Waals surface area (Å²) in [5, 5.41) is 2.98. The van der Waals surface area contributed by atoms with Crippen LogP contribution < -0.4 is 11.1 Å². The molecule has 0 aliphatic carbocycles. The van der Waals surface area contributed by atoms with Gasteiger partial charge in [-0.05, 0) is 18.2 Å². The van der Waals surface area contributed by atoms with E-state index in [0.717, 1.165) is 11.8 Å². The Kier molecular flexibility index (Phi) is 4.06. The molecule has 0 fully saturated rings. The Morgan fingerprint density at radius 2 is 1.58 bits per heavy atom. The van der Waals surface area contributed by atoms with Crippen molar-refractivity contribution in [2.24, 2.45) is 5.73 Å². The summed E-state index contributed by atoms with van der Waals surface area (Å²) in [4.78, 5) is 0. The lowest BCUT2D eigenvalue weighted by molar-refractivity contribution is 0.486. The highest BCUT2D eigenvalue weighted by Crippen LogP contribution is 2.23. The molecule has 5 heteroatoms. The SMILES string of the molecule is NCC(Nc1ccccc1)c1cc(F)c(F)cc1F. The van der Waals surface area contributed by atoms with Gasteiger partial charge in [0.2, 0.25) is 0 Å². The summed E-state index contributed by atoms with van der Waals surface area (Å²) >= 11 is 0. The van der Waals surface area contributed by atoms with E-state index in [0.29, 0.717) is 6.07 Å². The average molecular weight is 266 g/mol. The van der Waals surface area contributed by atoms with Crippen molar-refractivity contribution in [3.05, 3.63) is 65.5 Å². The predicted molar refractivity (Wildman–Crippen MR) is 68.2 cm³/mol. The van der Waals surface area contributed by atoms with Gasteiger partial charge in [-0.15, -0.1) is 0 Å². The molecule has 2 aromatic rings. The number of anilines is 1. The lowest BCUT2D eigenvalue weighted by Crippen LogP contribution is -2.22. The van der Waals surface area contributed by atoms with E-state index in [9.17, 15) is 13.2 Å². The molecular formula is C14H13F3N2. The van der Waals surface area contributed by atoms with Crippen LogP contribution in [0.1, 0.15) is 11.6 Å². The van der Waals surface area contributed by atoms with Crippen LogP contribution in [0.5, 0.6) is 0 Å². The molecule has 0 saturated carbocycles. The minimum absolute atomic E-state index is 0.00486. The van der Waals surface area contributed by atoms with Gasteiger partial charge in [0, 0.05) is 23.9 Å². The summed E-state index contributed by atoms with van der Waals surface area (Å²) in [6.45, 7) is 0.0525. The molecule has 0 saturated heterocycles. The van der Waals surface area contributed by atoms with E-state index < -0.39 is 23.5 Å². The van der Waals surface area contributed by atoms with Crippen molar-refractivity contribution in [1.82, 2.24) is 0 Å². The zero-order valence-corrected chi connectivity index (χ0v) is 10.0. The molecule has 3 N–H and O–H groups in total. The summed E-state index contributed by atoms with van der Waals surface area (Å²) in [6.07, 6.45) is 0. The van der Waals surface area contributed by atoms with Crippen LogP contribution in [0.2, 0.25) is 0 Å². The molecule has 0 aliphatic heterocycles. The Bertz CT molecular complexity index is 558. The third-order valence-corrected chi connectivity index (χ3v) is 2.77. The predicted octanol–water partition coefficient (Wildman–Crippen LogP) is 3.22. The molecular weight excluding hydrogens is 253 g/mol. The van der Waals surface area contributed by atoms with Crippen molar-refractivity contribution in [3.63, 3.8) is 0 Å². The first kappa shape index (κ1) is 13.4. The highest BCUT2D eigenvalue weighted by molar-refractivity contribution is 5.45. The second kappa shape index (κ2) is 5.75. The van der Waals surface area contributed by atoms with Crippen LogP contribution in [0, 0.1) is 17.5 Å². The van der Waals surface area contributed by atoms with E-state index in [1.165, 1.54) is 0 Å². The molecule has 2 rings (SSSR count). The number of hydrogen-bond donors (Lipinski definition) is 2. The lowest BCUT2D eigenvalue weighted by atomic mass is 10.1. The molecule has 1 unspecified atom stereocenters. The molecule has 0 heterocycles. The van der Waals surface area contributed by atoms with Gasteiger partial charge in [0.05, 0.1) is 6.04 Å². The van der Waals surface area contributed by atoms with Gasteiger partial charge in [-0.3, -0.25) is 0 Å². The fourth-order valence-electron chi connectivity index (χ4n) is 1.80. The highest BCUT2D eigenvalue weighted by Gasteiger charge is 2.17. The van der Waals surface area contributed by atoms with Crippen molar-refractivity contribution in [3.8, 4) is 0 Å². The molecule has 19 heavy (non-hydrogen) atoms. The molecule has 2 nitrogen and oxygen atoms in total.